The Balaban J connectivity index is 1.54. The number of aromatic hydroxyl groups is 1. The van der Waals surface area contributed by atoms with Gasteiger partial charge >= 0.3 is 0 Å². The molecule has 0 bridgehead atoms. The molecular weight excluding hydrogens is 521 g/mol. The summed E-state index contributed by atoms with van der Waals surface area (Å²) in [6, 6.07) is 8.03. The van der Waals surface area contributed by atoms with Crippen molar-refractivity contribution in [2.24, 2.45) is 17.6 Å². The lowest BCUT2D eigenvalue weighted by Crippen LogP contribution is -2.63. The first-order chi connectivity index (χ1) is 18.9. The summed E-state index contributed by atoms with van der Waals surface area (Å²) in [6.45, 7) is 0.747. The van der Waals surface area contributed by atoms with E-state index in [0.29, 0.717) is 18.7 Å². The van der Waals surface area contributed by atoms with Crippen LogP contribution in [0.2, 0.25) is 0 Å². The van der Waals surface area contributed by atoms with Gasteiger partial charge < -0.3 is 31.5 Å². The maximum Gasteiger partial charge on any atom is 0.255 e. The Morgan fingerprint density at radius 3 is 2.40 bits per heavy atom. The second-order valence-corrected chi connectivity index (χ2v) is 10.8. The summed E-state index contributed by atoms with van der Waals surface area (Å²) >= 11 is 0. The number of phenols is 1. The summed E-state index contributed by atoms with van der Waals surface area (Å²) in [5.74, 6) is -7.17. The molecule has 4 unspecified atom stereocenters. The second-order valence-electron chi connectivity index (χ2n) is 10.8. The number of aliphatic hydroxyl groups excluding tert-OH is 2. The van der Waals surface area contributed by atoms with Gasteiger partial charge in [0.05, 0.1) is 11.6 Å². The molecule has 2 aromatic carbocycles. The van der Waals surface area contributed by atoms with Gasteiger partial charge in [0, 0.05) is 24.6 Å². The van der Waals surface area contributed by atoms with Gasteiger partial charge in [-0.15, -0.1) is 0 Å². The van der Waals surface area contributed by atoms with Gasteiger partial charge in [-0.05, 0) is 67.7 Å². The molecule has 0 spiro atoms. The predicted octanol–water partition coefficient (Wildman–Crippen LogP) is 1.55. The molecule has 0 saturated heterocycles. The number of ketones is 2. The number of aliphatic hydroxyl groups is 3. The molecule has 0 heterocycles. The maximum absolute atomic E-state index is 13.8. The van der Waals surface area contributed by atoms with Gasteiger partial charge in [-0.25, -0.2) is 4.39 Å². The molecule has 0 aliphatic heterocycles. The van der Waals surface area contributed by atoms with Crippen molar-refractivity contribution in [3.05, 3.63) is 87.1 Å². The lowest BCUT2D eigenvalue weighted by Gasteiger charge is -2.50. The number of hydrogen-bond donors (Lipinski definition) is 6. The van der Waals surface area contributed by atoms with Crippen LogP contribution in [0.4, 0.5) is 4.39 Å². The number of Topliss-reactive ketones (excluding diaryl/α,β-unsaturated/α-hetero) is 2. The molecule has 3 aliphatic rings. The number of allylic oxidation sites excluding steroid dienone is 1. The van der Waals surface area contributed by atoms with Crippen LogP contribution in [0.3, 0.4) is 0 Å². The lowest BCUT2D eigenvalue weighted by atomic mass is 9.58. The fraction of sp³-hybridized carbons (Fsp3) is 0.345. The van der Waals surface area contributed by atoms with Crippen molar-refractivity contribution in [1.29, 1.82) is 0 Å². The molecule has 40 heavy (non-hydrogen) atoms. The Bertz CT molecular complexity index is 1500. The van der Waals surface area contributed by atoms with Crippen molar-refractivity contribution >= 4 is 17.5 Å². The Labute approximate surface area is 229 Å². The Morgan fingerprint density at radius 1 is 1.10 bits per heavy atom. The van der Waals surface area contributed by atoms with Crippen LogP contribution in [-0.2, 0) is 29.1 Å². The lowest BCUT2D eigenvalue weighted by molar-refractivity contribution is -0.148. The van der Waals surface area contributed by atoms with Gasteiger partial charge in [-0.3, -0.25) is 19.3 Å². The number of carbonyl (C=O) groups is 3. The van der Waals surface area contributed by atoms with E-state index >= 15 is 0 Å². The van der Waals surface area contributed by atoms with E-state index in [1.807, 2.05) is 0 Å². The highest BCUT2D eigenvalue weighted by Gasteiger charge is 2.63. The standard InChI is InChI=1S/C29H30FN3O7/c1-33(2)23-18-10-15-9-17-14(12-32-11-13-3-6-16(30)7-4-13)5-8-19(34)21(17)24(35)20(15)26(37)29(18,40)27(38)22(25(23)36)28(31)39/h3-8,15,18,23,32,34,36-37,40H,9-12H2,1-2H3,(H2,31,39). The zero-order valence-electron chi connectivity index (χ0n) is 21.9. The number of nitrogens with zero attached hydrogens (tertiary/aromatic N) is 1. The van der Waals surface area contributed by atoms with Gasteiger partial charge in [0.15, 0.2) is 11.4 Å². The highest BCUT2D eigenvalue weighted by Crippen LogP contribution is 2.52. The van der Waals surface area contributed by atoms with E-state index in [-0.39, 0.29) is 35.5 Å². The van der Waals surface area contributed by atoms with Gasteiger partial charge in [0.25, 0.3) is 5.91 Å². The number of carbonyl (C=O) groups excluding carboxylic acids is 3. The van der Waals surface area contributed by atoms with Gasteiger partial charge in [-0.2, -0.15) is 0 Å². The number of fused-ring (bicyclic) bond motifs is 3. The van der Waals surface area contributed by atoms with E-state index in [0.717, 1.165) is 11.1 Å². The average molecular weight is 552 g/mol. The van der Waals surface area contributed by atoms with Gasteiger partial charge in [-0.1, -0.05) is 18.2 Å². The van der Waals surface area contributed by atoms with Crippen molar-refractivity contribution < 1.29 is 39.2 Å². The van der Waals surface area contributed by atoms with Crippen molar-refractivity contribution in [1.82, 2.24) is 10.2 Å². The second kappa shape index (κ2) is 9.84. The first kappa shape index (κ1) is 27.5. The minimum Gasteiger partial charge on any atom is -0.510 e. The summed E-state index contributed by atoms with van der Waals surface area (Å²) < 4.78 is 13.2. The van der Waals surface area contributed by atoms with Gasteiger partial charge in [0.2, 0.25) is 5.78 Å². The highest BCUT2D eigenvalue weighted by atomic mass is 19.1. The molecule has 1 amide bonds. The van der Waals surface area contributed by atoms with Crippen LogP contribution in [0.15, 0.2) is 59.1 Å². The summed E-state index contributed by atoms with van der Waals surface area (Å²) in [5.41, 5.74) is 3.74. The number of nitrogens with one attached hydrogen (secondary N) is 1. The number of phenolic OH excluding ortho intramolecular Hbond substituents is 1. The van der Waals surface area contributed by atoms with Crippen LogP contribution in [0.1, 0.15) is 33.5 Å². The fourth-order valence-corrected chi connectivity index (χ4v) is 6.42. The number of hydrogen-bond acceptors (Lipinski definition) is 9. The predicted molar refractivity (Wildman–Crippen MR) is 141 cm³/mol. The van der Waals surface area contributed by atoms with Crippen LogP contribution in [-0.4, -0.2) is 68.5 Å². The zero-order chi connectivity index (χ0) is 29.1. The van der Waals surface area contributed by atoms with Crippen molar-refractivity contribution in [2.45, 2.75) is 37.6 Å². The number of amides is 1. The van der Waals surface area contributed by atoms with E-state index in [2.05, 4.69) is 5.32 Å². The molecule has 0 aromatic heterocycles. The minimum atomic E-state index is -2.67. The zero-order valence-corrected chi connectivity index (χ0v) is 21.9. The van der Waals surface area contributed by atoms with E-state index < -0.39 is 58.0 Å². The van der Waals surface area contributed by atoms with Gasteiger partial charge in [0.1, 0.15) is 28.7 Å². The third kappa shape index (κ3) is 4.09. The molecule has 3 aliphatic carbocycles. The molecule has 0 fully saturated rings. The van der Waals surface area contributed by atoms with Crippen LogP contribution in [0.5, 0.6) is 5.75 Å². The Hall–Kier alpha value is -4.06. The average Bonchev–Trinajstić information content (AvgIpc) is 2.88. The number of nitrogens with two attached hydrogens (primary N) is 1. The van der Waals surface area contributed by atoms with Crippen molar-refractivity contribution in [3.8, 4) is 5.75 Å². The SMILES string of the molecule is CN(C)C1C(O)=C(C(N)=O)C(=O)C2(O)C(O)=C3C(=O)c4c(O)ccc(CNCc5ccc(F)cc5)c4CC3CC12. The monoisotopic (exact) mass is 551 g/mol. The van der Waals surface area contributed by atoms with E-state index in [4.69, 9.17) is 5.73 Å². The minimum absolute atomic E-state index is 0.0177. The number of rotatable bonds is 6. The summed E-state index contributed by atoms with van der Waals surface area (Å²) in [6.07, 6.45) is 0.223. The van der Waals surface area contributed by atoms with Crippen LogP contribution in [0.25, 0.3) is 0 Å². The summed E-state index contributed by atoms with van der Waals surface area (Å²) in [7, 11) is 3.16. The van der Waals surface area contributed by atoms with Crippen LogP contribution in [0, 0.1) is 17.7 Å². The number of halogens is 1. The highest BCUT2D eigenvalue weighted by molar-refractivity contribution is 6.24. The van der Waals surface area contributed by atoms with Crippen molar-refractivity contribution in [3.63, 3.8) is 0 Å². The van der Waals surface area contributed by atoms with Crippen molar-refractivity contribution in [2.75, 3.05) is 14.1 Å². The quantitative estimate of drug-likeness (QED) is 0.291. The van der Waals surface area contributed by atoms with E-state index in [9.17, 15) is 39.2 Å². The number of likely N-dealkylation sites (N-methyl/N-ethyl adjacent to an activating group) is 1. The first-order valence-corrected chi connectivity index (χ1v) is 12.8. The summed E-state index contributed by atoms with van der Waals surface area (Å²) in [4.78, 5) is 40.7. The number of primary amides is 1. The first-order valence-electron chi connectivity index (χ1n) is 12.8. The third-order valence-corrected chi connectivity index (χ3v) is 8.26. The molecule has 210 valence electrons. The van der Waals surface area contributed by atoms with Crippen LogP contribution >= 0.6 is 0 Å². The smallest absolute Gasteiger partial charge is 0.255 e. The maximum atomic E-state index is 13.8. The van der Waals surface area contributed by atoms with Crippen LogP contribution < -0.4 is 11.1 Å². The Morgan fingerprint density at radius 2 is 1.77 bits per heavy atom. The molecule has 10 nitrogen and oxygen atoms in total. The molecule has 0 radical (unpaired) electrons. The topological polar surface area (TPSA) is 173 Å². The fourth-order valence-electron chi connectivity index (χ4n) is 6.42. The molecule has 7 N–H and O–H groups in total. The third-order valence-electron chi connectivity index (χ3n) is 8.26. The molecule has 11 heteroatoms. The molecule has 0 saturated carbocycles. The normalized spacial score (nSPS) is 26.1. The largest absolute Gasteiger partial charge is 0.510 e. The summed E-state index contributed by atoms with van der Waals surface area (Å²) in [5, 5.41) is 47.8. The van der Waals surface area contributed by atoms with E-state index in [1.165, 1.54) is 23.1 Å². The molecule has 2 aromatic rings. The molecular formula is C29H30FN3O7. The van der Waals surface area contributed by atoms with E-state index in [1.54, 1.807) is 32.3 Å². The molecule has 4 atom stereocenters. The molecule has 5 rings (SSSR count). The Kier molecular flexibility index (Phi) is 6.77. The number of benzene rings is 2.